The number of fused-ring (bicyclic) bond motifs is 4. The number of nitrogens with one attached hydrogen (secondary N) is 2. The minimum absolute atomic E-state index is 0.0779. The molecule has 6 nitrogen and oxygen atoms in total. The van der Waals surface area contributed by atoms with E-state index in [0.29, 0.717) is 24.3 Å². The number of anilines is 1. The summed E-state index contributed by atoms with van der Waals surface area (Å²) >= 11 is 0. The second-order valence-corrected chi connectivity index (χ2v) is 8.77. The Bertz CT molecular complexity index is 867. The first-order valence-corrected chi connectivity index (χ1v) is 10.6. The van der Waals surface area contributed by atoms with E-state index in [1.165, 1.54) is 19.3 Å². The lowest BCUT2D eigenvalue weighted by Crippen LogP contribution is -2.44. The first-order chi connectivity index (χ1) is 13.2. The fourth-order valence-electron chi connectivity index (χ4n) is 5.36. The molecule has 0 amide bonds. The Morgan fingerprint density at radius 2 is 2.11 bits per heavy atom. The van der Waals surface area contributed by atoms with Crippen LogP contribution < -0.4 is 10.6 Å². The van der Waals surface area contributed by atoms with Gasteiger partial charge in [0, 0.05) is 36.1 Å². The van der Waals surface area contributed by atoms with Gasteiger partial charge in [-0.15, -0.1) is 0 Å². The predicted molar refractivity (Wildman–Crippen MR) is 106 cm³/mol. The minimum atomic E-state index is 0.0779. The number of nitrogens with zero attached hydrogens (tertiary/aromatic N) is 3. The quantitative estimate of drug-likeness (QED) is 0.850. The lowest BCUT2D eigenvalue weighted by molar-refractivity contribution is 0.0852. The Morgan fingerprint density at radius 1 is 1.26 bits per heavy atom. The number of Topliss-reactive ketones (excluding diaryl/α,β-unsaturated/α-hetero) is 1. The molecule has 2 aromatic heterocycles. The van der Waals surface area contributed by atoms with Crippen molar-refractivity contribution < 1.29 is 4.79 Å². The van der Waals surface area contributed by atoms with Gasteiger partial charge in [0.05, 0.1) is 5.69 Å². The largest absolute Gasteiger partial charge is 0.350 e. The van der Waals surface area contributed by atoms with Crippen molar-refractivity contribution in [1.82, 2.24) is 19.9 Å². The summed E-state index contributed by atoms with van der Waals surface area (Å²) in [7, 11) is 0. The van der Waals surface area contributed by atoms with E-state index in [0.717, 1.165) is 55.5 Å². The number of hydrogen-bond acceptors (Lipinski definition) is 5. The Balaban J connectivity index is 1.56. The molecular weight excluding hydrogens is 338 g/mol. The fourth-order valence-corrected chi connectivity index (χ4v) is 5.36. The molecule has 2 N–H and O–H groups in total. The molecule has 4 heterocycles. The zero-order valence-corrected chi connectivity index (χ0v) is 16.1. The fraction of sp³-hybridized carbons (Fsp3) is 0.667. The maximum absolute atomic E-state index is 12.6. The van der Waals surface area contributed by atoms with Crippen LogP contribution in [0.5, 0.6) is 0 Å². The standard InChI is InChI=1S/C21H29N5O/c1-14-6-10-22-13-16(14)24-20-23-12-15-11-17-18(27)5-9-21(7-3-2-4-8-21)26(17)19(15)25-20/h11-12,14,16,22H,2-10,13H2,1H3,(H,23,24,25). The third-order valence-corrected chi connectivity index (χ3v) is 7.04. The third-order valence-electron chi connectivity index (χ3n) is 7.04. The number of piperidine rings is 1. The normalized spacial score (nSPS) is 27.7. The lowest BCUT2D eigenvalue weighted by atomic mass is 9.75. The van der Waals surface area contributed by atoms with Crippen LogP contribution in [0.3, 0.4) is 0 Å². The predicted octanol–water partition coefficient (Wildman–Crippen LogP) is 3.48. The van der Waals surface area contributed by atoms with Crippen LogP contribution in [0.4, 0.5) is 5.95 Å². The minimum Gasteiger partial charge on any atom is -0.350 e. The second kappa shape index (κ2) is 6.59. The highest BCUT2D eigenvalue weighted by Crippen LogP contribution is 2.45. The monoisotopic (exact) mass is 367 g/mol. The Labute approximate surface area is 160 Å². The van der Waals surface area contributed by atoms with Crippen LogP contribution in [0, 0.1) is 5.92 Å². The van der Waals surface area contributed by atoms with Crippen molar-refractivity contribution >= 4 is 22.8 Å². The highest BCUT2D eigenvalue weighted by Gasteiger charge is 2.41. The molecular formula is C21H29N5O. The van der Waals surface area contributed by atoms with E-state index in [-0.39, 0.29) is 11.3 Å². The SMILES string of the molecule is CC1CCNCC1Nc1ncc2cc3n(c2n1)C1(CCCCC1)CCC3=O. The number of carbonyl (C=O) groups excluding carboxylic acids is 1. The van der Waals surface area contributed by atoms with E-state index in [2.05, 4.69) is 27.1 Å². The van der Waals surface area contributed by atoms with E-state index in [4.69, 9.17) is 4.98 Å². The number of hydrogen-bond donors (Lipinski definition) is 2. The molecule has 0 radical (unpaired) electrons. The lowest BCUT2D eigenvalue weighted by Gasteiger charge is -2.42. The van der Waals surface area contributed by atoms with Crippen molar-refractivity contribution in [3.8, 4) is 0 Å². The summed E-state index contributed by atoms with van der Waals surface area (Å²) in [5.74, 6) is 1.54. The van der Waals surface area contributed by atoms with Crippen molar-refractivity contribution in [2.24, 2.45) is 5.92 Å². The molecule has 2 fully saturated rings. The third kappa shape index (κ3) is 2.85. The average Bonchev–Trinajstić information content (AvgIpc) is 3.08. The molecule has 3 aliphatic rings. The topological polar surface area (TPSA) is 71.8 Å². The van der Waals surface area contributed by atoms with Crippen LogP contribution in [-0.4, -0.2) is 39.4 Å². The van der Waals surface area contributed by atoms with Crippen LogP contribution in [0.2, 0.25) is 0 Å². The van der Waals surface area contributed by atoms with Crippen molar-refractivity contribution in [2.75, 3.05) is 18.4 Å². The molecule has 2 unspecified atom stereocenters. The molecule has 1 aliphatic carbocycles. The van der Waals surface area contributed by atoms with Crippen LogP contribution in [-0.2, 0) is 5.54 Å². The molecule has 2 aliphatic heterocycles. The van der Waals surface area contributed by atoms with Crippen molar-refractivity contribution in [1.29, 1.82) is 0 Å². The van der Waals surface area contributed by atoms with Gasteiger partial charge in [-0.1, -0.05) is 26.2 Å². The van der Waals surface area contributed by atoms with Gasteiger partial charge in [0.15, 0.2) is 5.78 Å². The molecule has 6 heteroatoms. The van der Waals surface area contributed by atoms with Gasteiger partial charge < -0.3 is 15.2 Å². The average molecular weight is 367 g/mol. The van der Waals surface area contributed by atoms with Crippen LogP contribution in [0.1, 0.15) is 68.8 Å². The summed E-state index contributed by atoms with van der Waals surface area (Å²) in [6.07, 6.45) is 10.8. The Kier molecular flexibility index (Phi) is 4.19. The first-order valence-electron chi connectivity index (χ1n) is 10.6. The van der Waals surface area contributed by atoms with Gasteiger partial charge in [-0.05, 0) is 44.2 Å². The van der Waals surface area contributed by atoms with Gasteiger partial charge in [0.25, 0.3) is 0 Å². The number of aromatic nitrogens is 3. The molecule has 2 aromatic rings. The van der Waals surface area contributed by atoms with Crippen LogP contribution in [0.25, 0.3) is 11.0 Å². The molecule has 5 rings (SSSR count). The van der Waals surface area contributed by atoms with Crippen LogP contribution in [0.15, 0.2) is 12.3 Å². The maximum atomic E-state index is 12.6. The van der Waals surface area contributed by atoms with Gasteiger partial charge in [-0.3, -0.25) is 4.79 Å². The zero-order chi connectivity index (χ0) is 18.4. The molecule has 144 valence electrons. The summed E-state index contributed by atoms with van der Waals surface area (Å²) in [6, 6.07) is 2.36. The number of carbonyl (C=O) groups is 1. The van der Waals surface area contributed by atoms with E-state index in [9.17, 15) is 4.79 Å². The summed E-state index contributed by atoms with van der Waals surface area (Å²) in [4.78, 5) is 22.1. The molecule has 0 aromatic carbocycles. The van der Waals surface area contributed by atoms with E-state index in [1.807, 2.05) is 12.3 Å². The second-order valence-electron chi connectivity index (χ2n) is 8.77. The highest BCUT2D eigenvalue weighted by molar-refractivity contribution is 6.00. The van der Waals surface area contributed by atoms with Crippen LogP contribution >= 0.6 is 0 Å². The summed E-state index contributed by atoms with van der Waals surface area (Å²) < 4.78 is 2.29. The summed E-state index contributed by atoms with van der Waals surface area (Å²) in [6.45, 7) is 4.30. The zero-order valence-electron chi connectivity index (χ0n) is 16.1. The molecule has 1 saturated heterocycles. The summed E-state index contributed by atoms with van der Waals surface area (Å²) in [5, 5.41) is 7.98. The molecule has 0 bridgehead atoms. The molecule has 1 spiro atoms. The maximum Gasteiger partial charge on any atom is 0.224 e. The van der Waals surface area contributed by atoms with E-state index in [1.54, 1.807) is 0 Å². The first kappa shape index (κ1) is 17.2. The highest BCUT2D eigenvalue weighted by atomic mass is 16.1. The summed E-state index contributed by atoms with van der Waals surface area (Å²) in [5.41, 5.74) is 1.86. The van der Waals surface area contributed by atoms with Gasteiger partial charge in [0.2, 0.25) is 5.95 Å². The Morgan fingerprint density at radius 3 is 2.93 bits per heavy atom. The van der Waals surface area contributed by atoms with Gasteiger partial charge >= 0.3 is 0 Å². The number of ketones is 1. The number of rotatable bonds is 2. The van der Waals surface area contributed by atoms with Gasteiger partial charge in [-0.25, -0.2) is 4.98 Å². The molecule has 27 heavy (non-hydrogen) atoms. The van der Waals surface area contributed by atoms with Crippen molar-refractivity contribution in [3.63, 3.8) is 0 Å². The smallest absolute Gasteiger partial charge is 0.224 e. The van der Waals surface area contributed by atoms with Crippen molar-refractivity contribution in [2.45, 2.75) is 69.9 Å². The molecule has 2 atom stereocenters. The Hall–Kier alpha value is -1.95. The molecule has 1 saturated carbocycles. The van der Waals surface area contributed by atoms with Gasteiger partial charge in [-0.2, -0.15) is 4.98 Å². The van der Waals surface area contributed by atoms with E-state index >= 15 is 0 Å². The van der Waals surface area contributed by atoms with Crippen molar-refractivity contribution in [3.05, 3.63) is 18.0 Å². The van der Waals surface area contributed by atoms with Gasteiger partial charge in [0.1, 0.15) is 5.65 Å². The van der Waals surface area contributed by atoms with E-state index < -0.39 is 0 Å².